The maximum Gasteiger partial charge on any atom is 0.262 e. The fraction of sp³-hybridized carbons (Fsp3) is 0. The van der Waals surface area contributed by atoms with Crippen LogP contribution in [-0.2, 0) is 9.05 Å². The van der Waals surface area contributed by atoms with Gasteiger partial charge in [-0.3, -0.25) is 0 Å². The third-order valence-corrected chi connectivity index (χ3v) is 4.75. The average molecular weight is 444 g/mol. The lowest BCUT2D eigenvalue weighted by atomic mass is 10.3. The summed E-state index contributed by atoms with van der Waals surface area (Å²) in [5.41, 5.74) is 0. The van der Waals surface area contributed by atoms with Crippen LogP contribution in [0.25, 0.3) is 0 Å². The lowest BCUT2D eigenvalue weighted by molar-refractivity contribution is 0.470. The molecular formula is C6H3ClI2O3S. The molecule has 0 aliphatic carbocycles. The second-order valence-corrected chi connectivity index (χ2v) is 7.03. The molecule has 1 rings (SSSR count). The van der Waals surface area contributed by atoms with Gasteiger partial charge in [-0.15, -0.1) is 0 Å². The summed E-state index contributed by atoms with van der Waals surface area (Å²) < 4.78 is 22.8. The smallest absolute Gasteiger partial charge is 0.262 e. The van der Waals surface area contributed by atoms with Crippen LogP contribution in [0.1, 0.15) is 0 Å². The van der Waals surface area contributed by atoms with E-state index in [1.165, 1.54) is 12.1 Å². The Labute approximate surface area is 107 Å². The van der Waals surface area contributed by atoms with Crippen molar-refractivity contribution in [2.24, 2.45) is 0 Å². The molecule has 0 spiro atoms. The normalized spacial score (nSPS) is 11.6. The summed E-state index contributed by atoms with van der Waals surface area (Å²) in [6.45, 7) is 0. The van der Waals surface area contributed by atoms with Gasteiger partial charge in [0.25, 0.3) is 9.05 Å². The molecule has 13 heavy (non-hydrogen) atoms. The lowest BCUT2D eigenvalue weighted by Gasteiger charge is -2.02. The molecule has 1 aromatic carbocycles. The van der Waals surface area contributed by atoms with Crippen molar-refractivity contribution in [1.29, 1.82) is 0 Å². The van der Waals surface area contributed by atoms with Crippen LogP contribution in [0.2, 0.25) is 0 Å². The molecule has 0 saturated carbocycles. The summed E-state index contributed by atoms with van der Waals surface area (Å²) in [5, 5.41) is 9.24. The van der Waals surface area contributed by atoms with E-state index in [0.717, 1.165) is 0 Å². The topological polar surface area (TPSA) is 54.4 Å². The third kappa shape index (κ3) is 2.83. The molecule has 1 aromatic rings. The van der Waals surface area contributed by atoms with Gasteiger partial charge in [0, 0.05) is 14.3 Å². The zero-order valence-corrected chi connectivity index (χ0v) is 11.8. The van der Waals surface area contributed by atoms with Crippen molar-refractivity contribution < 1.29 is 13.5 Å². The van der Waals surface area contributed by atoms with Crippen molar-refractivity contribution in [2.75, 3.05) is 0 Å². The molecule has 72 valence electrons. The number of aromatic hydroxyl groups is 1. The molecule has 0 aliphatic heterocycles. The molecule has 0 amide bonds. The Morgan fingerprint density at radius 2 is 1.77 bits per heavy atom. The van der Waals surface area contributed by atoms with Crippen LogP contribution in [-0.4, -0.2) is 13.5 Å². The number of phenolic OH excluding ortho intramolecular Hbond substituents is 1. The average Bonchev–Trinajstić information content (AvgIpc) is 1.94. The van der Waals surface area contributed by atoms with Crippen molar-refractivity contribution in [2.45, 2.75) is 4.90 Å². The van der Waals surface area contributed by atoms with Crippen LogP contribution in [0, 0.1) is 7.14 Å². The predicted octanol–water partition coefficient (Wildman–Crippen LogP) is 2.53. The first-order valence-corrected chi connectivity index (χ1v) is 7.41. The zero-order valence-electron chi connectivity index (χ0n) is 5.96. The molecule has 0 radical (unpaired) electrons. The molecule has 3 nitrogen and oxygen atoms in total. The summed E-state index contributed by atoms with van der Waals surface area (Å²) in [5.74, 6) is 0.0501. The van der Waals surface area contributed by atoms with Crippen molar-refractivity contribution in [3.05, 3.63) is 19.3 Å². The van der Waals surface area contributed by atoms with E-state index in [-0.39, 0.29) is 10.6 Å². The Kier molecular flexibility index (Phi) is 3.69. The molecule has 0 bridgehead atoms. The number of hydrogen-bond acceptors (Lipinski definition) is 3. The van der Waals surface area contributed by atoms with Crippen LogP contribution in [0.3, 0.4) is 0 Å². The number of rotatable bonds is 1. The summed E-state index contributed by atoms with van der Waals surface area (Å²) in [7, 11) is 1.45. The SMILES string of the molecule is O=S(=O)(Cl)c1cc(I)c(O)cc1I. The molecular weight excluding hydrogens is 441 g/mol. The van der Waals surface area contributed by atoms with E-state index in [1.807, 2.05) is 22.6 Å². The summed E-state index contributed by atoms with van der Waals surface area (Å²) in [6, 6.07) is 2.69. The molecule has 0 heterocycles. The van der Waals surface area contributed by atoms with E-state index in [1.54, 1.807) is 22.6 Å². The first-order chi connectivity index (χ1) is 5.82. The quantitative estimate of drug-likeness (QED) is 0.535. The van der Waals surface area contributed by atoms with Gasteiger partial charge in [-0.2, -0.15) is 0 Å². The Hall–Kier alpha value is 0.720. The Bertz CT molecular complexity index is 443. The van der Waals surface area contributed by atoms with Gasteiger partial charge in [-0.1, -0.05) is 0 Å². The van der Waals surface area contributed by atoms with Gasteiger partial charge < -0.3 is 5.11 Å². The molecule has 0 atom stereocenters. The van der Waals surface area contributed by atoms with Gasteiger partial charge >= 0.3 is 0 Å². The van der Waals surface area contributed by atoms with Crippen molar-refractivity contribution in [3.63, 3.8) is 0 Å². The third-order valence-electron chi connectivity index (χ3n) is 1.26. The van der Waals surface area contributed by atoms with Crippen LogP contribution < -0.4 is 0 Å². The molecule has 7 heteroatoms. The minimum absolute atomic E-state index is 0.0250. The van der Waals surface area contributed by atoms with Crippen LogP contribution >= 0.6 is 55.9 Å². The van der Waals surface area contributed by atoms with Gasteiger partial charge in [0.05, 0.1) is 8.47 Å². The van der Waals surface area contributed by atoms with Crippen LogP contribution in [0.15, 0.2) is 17.0 Å². The summed E-state index contributed by atoms with van der Waals surface area (Å²) >= 11 is 3.63. The van der Waals surface area contributed by atoms with Crippen molar-refractivity contribution in [3.8, 4) is 5.75 Å². The lowest BCUT2D eigenvalue weighted by Crippen LogP contribution is -1.95. The van der Waals surface area contributed by atoms with Crippen LogP contribution in [0.4, 0.5) is 0 Å². The first kappa shape index (κ1) is 11.8. The molecule has 0 saturated heterocycles. The van der Waals surface area contributed by atoms with E-state index < -0.39 is 9.05 Å². The standard InChI is InChI=1S/C6H3ClI2O3S/c7-13(11,12)6-2-3(8)5(10)1-4(6)9/h1-2,10H. The van der Waals surface area contributed by atoms with Crippen molar-refractivity contribution >= 4 is 64.9 Å². The minimum Gasteiger partial charge on any atom is -0.507 e. The number of hydrogen-bond donors (Lipinski definition) is 1. The van der Waals surface area contributed by atoms with Gasteiger partial charge in [-0.05, 0) is 57.3 Å². The predicted molar refractivity (Wildman–Crippen MR) is 66.6 cm³/mol. The maximum atomic E-state index is 11.0. The number of halogens is 3. The van der Waals surface area contributed by atoms with Crippen LogP contribution in [0.5, 0.6) is 5.75 Å². The van der Waals surface area contributed by atoms with E-state index in [4.69, 9.17) is 10.7 Å². The van der Waals surface area contributed by atoms with E-state index in [0.29, 0.717) is 7.14 Å². The second-order valence-electron chi connectivity index (χ2n) is 2.17. The highest BCUT2D eigenvalue weighted by Gasteiger charge is 2.16. The number of phenols is 1. The highest BCUT2D eigenvalue weighted by Crippen LogP contribution is 2.29. The summed E-state index contributed by atoms with van der Waals surface area (Å²) in [6.07, 6.45) is 0. The van der Waals surface area contributed by atoms with E-state index in [2.05, 4.69) is 0 Å². The van der Waals surface area contributed by atoms with E-state index in [9.17, 15) is 13.5 Å². The highest BCUT2D eigenvalue weighted by molar-refractivity contribution is 14.1. The molecule has 0 aromatic heterocycles. The highest BCUT2D eigenvalue weighted by atomic mass is 127. The number of benzene rings is 1. The first-order valence-electron chi connectivity index (χ1n) is 2.95. The fourth-order valence-electron chi connectivity index (χ4n) is 0.705. The van der Waals surface area contributed by atoms with Gasteiger partial charge in [0.1, 0.15) is 5.75 Å². The molecule has 0 fully saturated rings. The second kappa shape index (κ2) is 4.07. The maximum absolute atomic E-state index is 11.0. The Morgan fingerprint density at radius 3 is 2.23 bits per heavy atom. The Balaban J connectivity index is 3.50. The molecule has 0 unspecified atom stereocenters. The summed E-state index contributed by atoms with van der Waals surface area (Å²) in [4.78, 5) is 0.0250. The molecule has 0 aliphatic rings. The van der Waals surface area contributed by atoms with Crippen molar-refractivity contribution in [1.82, 2.24) is 0 Å². The Morgan fingerprint density at radius 1 is 1.23 bits per heavy atom. The molecule has 1 N–H and O–H groups in total. The van der Waals surface area contributed by atoms with Gasteiger partial charge in [0.2, 0.25) is 0 Å². The van der Waals surface area contributed by atoms with Gasteiger partial charge in [-0.25, -0.2) is 8.42 Å². The zero-order chi connectivity index (χ0) is 10.2. The largest absolute Gasteiger partial charge is 0.507 e. The van der Waals surface area contributed by atoms with E-state index >= 15 is 0 Å². The minimum atomic E-state index is -3.72. The van der Waals surface area contributed by atoms with Gasteiger partial charge in [0.15, 0.2) is 0 Å². The monoisotopic (exact) mass is 444 g/mol. The fourth-order valence-corrected chi connectivity index (χ4v) is 4.03.